The van der Waals surface area contributed by atoms with Crippen molar-refractivity contribution in [2.75, 3.05) is 6.54 Å². The van der Waals surface area contributed by atoms with E-state index in [-0.39, 0.29) is 12.2 Å². The van der Waals surface area contributed by atoms with E-state index in [0.717, 1.165) is 5.56 Å². The summed E-state index contributed by atoms with van der Waals surface area (Å²) >= 11 is 11.9. The monoisotopic (exact) mass is 247 g/mol. The fourth-order valence-corrected chi connectivity index (χ4v) is 1.88. The summed E-state index contributed by atoms with van der Waals surface area (Å²) in [7, 11) is 0. The topological polar surface area (TPSA) is 35.2 Å². The van der Waals surface area contributed by atoms with Gasteiger partial charge < -0.3 is 10.5 Å². The average Bonchev–Trinajstić information content (AvgIpc) is 2.14. The molecule has 0 heterocycles. The molecule has 0 radical (unpaired) electrons. The first-order chi connectivity index (χ1) is 7.04. The molecule has 2 N–H and O–H groups in total. The zero-order valence-electron chi connectivity index (χ0n) is 8.84. The van der Waals surface area contributed by atoms with Crippen molar-refractivity contribution in [1.82, 2.24) is 0 Å². The number of ether oxygens (including phenoxy) is 1. The summed E-state index contributed by atoms with van der Waals surface area (Å²) < 4.78 is 5.65. The molecular formula is C11H15Cl2NO. The molecule has 1 atom stereocenters. The number of nitrogens with two attached hydrogens (primary N) is 1. The summed E-state index contributed by atoms with van der Waals surface area (Å²) in [5.41, 5.74) is 6.53. The van der Waals surface area contributed by atoms with Crippen molar-refractivity contribution in [3.63, 3.8) is 0 Å². The number of benzene rings is 1. The first kappa shape index (κ1) is 12.8. The highest BCUT2D eigenvalue weighted by atomic mass is 35.5. The molecule has 1 aromatic rings. The van der Waals surface area contributed by atoms with Crippen molar-refractivity contribution in [2.24, 2.45) is 5.73 Å². The van der Waals surface area contributed by atoms with Crippen LogP contribution in [0.25, 0.3) is 0 Å². The van der Waals surface area contributed by atoms with Crippen LogP contribution in [0.15, 0.2) is 18.2 Å². The fourth-order valence-electron chi connectivity index (χ4n) is 1.35. The van der Waals surface area contributed by atoms with Crippen LogP contribution in [0.5, 0.6) is 0 Å². The van der Waals surface area contributed by atoms with Gasteiger partial charge in [0.15, 0.2) is 0 Å². The molecule has 0 aliphatic heterocycles. The minimum absolute atomic E-state index is 0.116. The van der Waals surface area contributed by atoms with Crippen LogP contribution in [0.3, 0.4) is 0 Å². The largest absolute Gasteiger partial charge is 0.369 e. The molecule has 0 saturated carbocycles. The third kappa shape index (κ3) is 3.65. The Labute approximate surface area is 100 Å². The van der Waals surface area contributed by atoms with Crippen LogP contribution >= 0.6 is 23.2 Å². The third-order valence-electron chi connectivity index (χ3n) is 1.96. The fraction of sp³-hybridized carbons (Fsp3) is 0.455. The first-order valence-corrected chi connectivity index (χ1v) is 5.60. The molecule has 1 rings (SSSR count). The van der Waals surface area contributed by atoms with Crippen LogP contribution in [0.1, 0.15) is 25.5 Å². The van der Waals surface area contributed by atoms with Crippen molar-refractivity contribution >= 4 is 23.2 Å². The summed E-state index contributed by atoms with van der Waals surface area (Å²) in [6.07, 6.45) is -0.0555. The molecule has 2 nitrogen and oxygen atoms in total. The lowest BCUT2D eigenvalue weighted by atomic mass is 10.1. The summed E-state index contributed by atoms with van der Waals surface area (Å²) in [4.78, 5) is 0. The van der Waals surface area contributed by atoms with E-state index in [2.05, 4.69) is 0 Å². The zero-order valence-corrected chi connectivity index (χ0v) is 10.3. The number of rotatable bonds is 4. The Kier molecular flexibility index (Phi) is 4.87. The number of halogens is 2. The van der Waals surface area contributed by atoms with E-state index in [9.17, 15) is 0 Å². The SMILES string of the molecule is CC(C)O[C@@H](CN)c1ccc(Cl)cc1Cl. The van der Waals surface area contributed by atoms with Crippen molar-refractivity contribution < 1.29 is 4.74 Å². The molecule has 0 spiro atoms. The van der Waals surface area contributed by atoms with Gasteiger partial charge in [-0.15, -0.1) is 0 Å². The maximum Gasteiger partial charge on any atom is 0.0964 e. The van der Waals surface area contributed by atoms with Gasteiger partial charge in [0.1, 0.15) is 0 Å². The Balaban J connectivity index is 2.91. The third-order valence-corrected chi connectivity index (χ3v) is 2.52. The quantitative estimate of drug-likeness (QED) is 0.886. The molecule has 1 aromatic carbocycles. The van der Waals surface area contributed by atoms with Crippen LogP contribution in [0.2, 0.25) is 10.0 Å². The predicted octanol–water partition coefficient (Wildman–Crippen LogP) is 3.42. The van der Waals surface area contributed by atoms with Gasteiger partial charge in [0.25, 0.3) is 0 Å². The Morgan fingerprint density at radius 1 is 1.33 bits per heavy atom. The van der Waals surface area contributed by atoms with Crippen LogP contribution in [0, 0.1) is 0 Å². The second-order valence-corrected chi connectivity index (χ2v) is 4.42. The van der Waals surface area contributed by atoms with Crippen LogP contribution in [-0.2, 0) is 4.74 Å². The van der Waals surface area contributed by atoms with Gasteiger partial charge in [0.05, 0.1) is 12.2 Å². The summed E-state index contributed by atoms with van der Waals surface area (Å²) in [5, 5.41) is 1.21. The second-order valence-electron chi connectivity index (χ2n) is 3.58. The van der Waals surface area contributed by atoms with E-state index in [1.54, 1.807) is 12.1 Å². The smallest absolute Gasteiger partial charge is 0.0964 e. The van der Waals surface area contributed by atoms with E-state index in [1.165, 1.54) is 0 Å². The van der Waals surface area contributed by atoms with Crippen LogP contribution in [0.4, 0.5) is 0 Å². The molecule has 0 amide bonds. The lowest BCUT2D eigenvalue weighted by molar-refractivity contribution is 0.0120. The van der Waals surface area contributed by atoms with Crippen molar-refractivity contribution in [3.05, 3.63) is 33.8 Å². The van der Waals surface area contributed by atoms with Gasteiger partial charge in [0, 0.05) is 22.2 Å². The van der Waals surface area contributed by atoms with Gasteiger partial charge in [-0.1, -0.05) is 29.3 Å². The molecule has 84 valence electrons. The minimum Gasteiger partial charge on any atom is -0.369 e. The lowest BCUT2D eigenvalue weighted by Gasteiger charge is -2.20. The molecule has 0 bridgehead atoms. The molecule has 0 aliphatic rings. The standard InChI is InChI=1S/C11H15Cl2NO/c1-7(2)15-11(6-14)9-4-3-8(12)5-10(9)13/h3-5,7,11H,6,14H2,1-2H3/t11-/m0/s1. The lowest BCUT2D eigenvalue weighted by Crippen LogP contribution is -2.19. The summed E-state index contributed by atoms with van der Waals surface area (Å²) in [6.45, 7) is 4.33. The van der Waals surface area contributed by atoms with E-state index >= 15 is 0 Å². The highest BCUT2D eigenvalue weighted by Crippen LogP contribution is 2.28. The van der Waals surface area contributed by atoms with Gasteiger partial charge >= 0.3 is 0 Å². The van der Waals surface area contributed by atoms with E-state index in [0.29, 0.717) is 16.6 Å². The molecular weight excluding hydrogens is 233 g/mol. The maximum atomic E-state index is 6.07. The van der Waals surface area contributed by atoms with Crippen molar-refractivity contribution in [2.45, 2.75) is 26.1 Å². The summed E-state index contributed by atoms with van der Waals surface area (Å²) in [6, 6.07) is 5.34. The Morgan fingerprint density at radius 2 is 2.00 bits per heavy atom. The van der Waals surface area contributed by atoms with Crippen molar-refractivity contribution in [1.29, 1.82) is 0 Å². The van der Waals surface area contributed by atoms with Crippen LogP contribution in [-0.4, -0.2) is 12.6 Å². The number of hydrogen-bond donors (Lipinski definition) is 1. The highest BCUT2D eigenvalue weighted by molar-refractivity contribution is 6.35. The molecule has 0 saturated heterocycles. The van der Waals surface area contributed by atoms with E-state index < -0.39 is 0 Å². The van der Waals surface area contributed by atoms with Gasteiger partial charge in [0.2, 0.25) is 0 Å². The predicted molar refractivity (Wildman–Crippen MR) is 64.5 cm³/mol. The van der Waals surface area contributed by atoms with Gasteiger partial charge in [-0.25, -0.2) is 0 Å². The second kappa shape index (κ2) is 5.71. The zero-order chi connectivity index (χ0) is 11.4. The number of hydrogen-bond acceptors (Lipinski definition) is 2. The Bertz CT molecular complexity index is 328. The van der Waals surface area contributed by atoms with E-state index in [4.69, 9.17) is 33.7 Å². The maximum absolute atomic E-state index is 6.07. The highest BCUT2D eigenvalue weighted by Gasteiger charge is 2.15. The first-order valence-electron chi connectivity index (χ1n) is 4.85. The molecule has 15 heavy (non-hydrogen) atoms. The normalized spacial score (nSPS) is 13.2. The Hall–Kier alpha value is -0.280. The average molecular weight is 248 g/mol. The Morgan fingerprint density at radius 3 is 2.47 bits per heavy atom. The van der Waals surface area contributed by atoms with Crippen LogP contribution < -0.4 is 5.73 Å². The van der Waals surface area contributed by atoms with Gasteiger partial charge in [-0.3, -0.25) is 0 Å². The van der Waals surface area contributed by atoms with Gasteiger partial charge in [-0.05, 0) is 26.0 Å². The molecule has 0 unspecified atom stereocenters. The van der Waals surface area contributed by atoms with Crippen molar-refractivity contribution in [3.8, 4) is 0 Å². The minimum atomic E-state index is -0.172. The molecule has 4 heteroatoms. The molecule has 0 aliphatic carbocycles. The summed E-state index contributed by atoms with van der Waals surface area (Å²) in [5.74, 6) is 0. The van der Waals surface area contributed by atoms with Gasteiger partial charge in [-0.2, -0.15) is 0 Å². The van der Waals surface area contributed by atoms with E-state index in [1.807, 2.05) is 19.9 Å². The molecule has 0 fully saturated rings. The molecule has 0 aromatic heterocycles.